The fraction of sp³-hybridized carbons (Fsp3) is 0.600. The minimum absolute atomic E-state index is 0.434. The number of aryl methyl sites for hydroxylation is 2. The highest BCUT2D eigenvalue weighted by Gasteiger charge is 2.29. The highest BCUT2D eigenvalue weighted by molar-refractivity contribution is 7.99. The lowest BCUT2D eigenvalue weighted by Crippen LogP contribution is -2.32. The van der Waals surface area contributed by atoms with E-state index in [0.717, 1.165) is 100 Å². The second-order valence-corrected chi connectivity index (χ2v) is 13.4. The van der Waals surface area contributed by atoms with E-state index in [2.05, 4.69) is 21.9 Å². The van der Waals surface area contributed by atoms with Gasteiger partial charge in [0.25, 0.3) is 0 Å². The molecule has 0 spiro atoms. The molecule has 0 bridgehead atoms. The quantitative estimate of drug-likeness (QED) is 0.529. The molecule has 2 fully saturated rings. The van der Waals surface area contributed by atoms with E-state index in [1.807, 2.05) is 23.5 Å². The molecule has 0 radical (unpaired) electrons. The molecule has 0 saturated carbocycles. The van der Waals surface area contributed by atoms with Gasteiger partial charge in [0.1, 0.15) is 11.5 Å². The Morgan fingerprint density at radius 3 is 1.39 bits per heavy atom. The second kappa shape index (κ2) is 11.2. The van der Waals surface area contributed by atoms with E-state index in [0.29, 0.717) is 11.5 Å². The van der Waals surface area contributed by atoms with Crippen molar-refractivity contribution in [1.29, 1.82) is 0 Å². The van der Waals surface area contributed by atoms with Gasteiger partial charge in [0, 0.05) is 84.5 Å². The van der Waals surface area contributed by atoms with Gasteiger partial charge in [-0.05, 0) is 73.6 Å². The average molecular weight is 525 g/mol. The van der Waals surface area contributed by atoms with Crippen LogP contribution in [0.4, 0.5) is 0 Å². The van der Waals surface area contributed by atoms with Crippen LogP contribution >= 0.6 is 23.5 Å². The Morgan fingerprint density at radius 2 is 0.972 bits per heavy atom. The SMILES string of the molecule is Oc1c(CN2CCSCC2)cc2c(c1-c1c(O)c(CN3CCSCC3)cc3c1CCCC3)CCCC2. The van der Waals surface area contributed by atoms with Crippen molar-refractivity contribution in [3.63, 3.8) is 0 Å². The van der Waals surface area contributed by atoms with Gasteiger partial charge in [0.15, 0.2) is 0 Å². The summed E-state index contributed by atoms with van der Waals surface area (Å²) in [6.45, 7) is 5.95. The number of nitrogens with zero attached hydrogens (tertiary/aromatic N) is 2. The van der Waals surface area contributed by atoms with Crippen LogP contribution in [0.15, 0.2) is 12.1 Å². The predicted octanol–water partition coefficient (Wildman–Crippen LogP) is 5.62. The van der Waals surface area contributed by atoms with E-state index < -0.39 is 0 Å². The lowest BCUT2D eigenvalue weighted by Gasteiger charge is -2.31. The van der Waals surface area contributed by atoms with Crippen LogP contribution in [0.3, 0.4) is 0 Å². The number of rotatable bonds is 5. The Morgan fingerprint density at radius 1 is 0.583 bits per heavy atom. The lowest BCUT2D eigenvalue weighted by atomic mass is 9.78. The summed E-state index contributed by atoms with van der Waals surface area (Å²) in [5.74, 6) is 5.55. The van der Waals surface area contributed by atoms with Crippen LogP contribution < -0.4 is 0 Å². The molecule has 0 amide bonds. The largest absolute Gasteiger partial charge is 0.507 e. The second-order valence-electron chi connectivity index (χ2n) is 11.0. The molecule has 2 saturated heterocycles. The van der Waals surface area contributed by atoms with E-state index in [4.69, 9.17) is 0 Å². The maximum absolute atomic E-state index is 11.9. The predicted molar refractivity (Wildman–Crippen MR) is 154 cm³/mol. The third kappa shape index (κ3) is 5.03. The van der Waals surface area contributed by atoms with Crippen LogP contribution in [-0.2, 0) is 38.8 Å². The molecule has 0 atom stereocenters. The molecular formula is C30H40N2O2S2. The van der Waals surface area contributed by atoms with Crippen LogP contribution in [0.1, 0.15) is 59.1 Å². The van der Waals surface area contributed by atoms with Crippen molar-refractivity contribution >= 4 is 23.5 Å². The van der Waals surface area contributed by atoms with Crippen molar-refractivity contribution in [1.82, 2.24) is 9.80 Å². The molecule has 6 rings (SSSR count). The van der Waals surface area contributed by atoms with Gasteiger partial charge in [0.2, 0.25) is 0 Å². The van der Waals surface area contributed by atoms with Gasteiger partial charge in [-0.15, -0.1) is 0 Å². The number of phenolic OH excluding ortho intramolecular Hbond substituents is 2. The molecule has 2 aliphatic heterocycles. The van der Waals surface area contributed by atoms with Gasteiger partial charge >= 0.3 is 0 Å². The summed E-state index contributed by atoms with van der Waals surface area (Å²) in [5.41, 5.74) is 9.45. The van der Waals surface area contributed by atoms with Crippen molar-refractivity contribution in [2.45, 2.75) is 64.5 Å². The number of fused-ring (bicyclic) bond motifs is 2. The summed E-state index contributed by atoms with van der Waals surface area (Å²) in [4.78, 5) is 4.98. The van der Waals surface area contributed by atoms with E-state index in [1.54, 1.807) is 0 Å². The van der Waals surface area contributed by atoms with Crippen LogP contribution in [0.5, 0.6) is 11.5 Å². The first-order valence-electron chi connectivity index (χ1n) is 14.0. The molecule has 36 heavy (non-hydrogen) atoms. The van der Waals surface area contributed by atoms with Gasteiger partial charge in [-0.1, -0.05) is 12.1 Å². The number of hydrogen-bond donors (Lipinski definition) is 2. The number of aromatic hydroxyl groups is 2. The smallest absolute Gasteiger partial charge is 0.128 e. The first-order valence-corrected chi connectivity index (χ1v) is 16.3. The summed E-state index contributed by atoms with van der Waals surface area (Å²) >= 11 is 4.05. The van der Waals surface area contributed by atoms with Crippen LogP contribution in [0.25, 0.3) is 11.1 Å². The van der Waals surface area contributed by atoms with Gasteiger partial charge < -0.3 is 10.2 Å². The lowest BCUT2D eigenvalue weighted by molar-refractivity contribution is 0.289. The minimum atomic E-state index is 0.434. The van der Waals surface area contributed by atoms with Crippen molar-refractivity contribution in [2.24, 2.45) is 0 Å². The molecule has 6 heteroatoms. The molecule has 2 heterocycles. The van der Waals surface area contributed by atoms with Crippen molar-refractivity contribution in [3.8, 4) is 22.6 Å². The molecular weight excluding hydrogens is 484 g/mol. The summed E-state index contributed by atoms with van der Waals surface area (Å²) < 4.78 is 0. The summed E-state index contributed by atoms with van der Waals surface area (Å²) in [5, 5.41) is 23.8. The molecule has 194 valence electrons. The first kappa shape index (κ1) is 25.0. The van der Waals surface area contributed by atoms with E-state index in [1.165, 1.54) is 58.1 Å². The Hall–Kier alpha value is -1.34. The minimum Gasteiger partial charge on any atom is -0.507 e. The van der Waals surface area contributed by atoms with E-state index >= 15 is 0 Å². The highest BCUT2D eigenvalue weighted by Crippen LogP contribution is 2.49. The monoisotopic (exact) mass is 524 g/mol. The van der Waals surface area contributed by atoms with Crippen molar-refractivity contribution in [2.75, 3.05) is 49.2 Å². The fourth-order valence-corrected chi connectivity index (χ4v) is 8.65. The van der Waals surface area contributed by atoms with Crippen LogP contribution in [0.2, 0.25) is 0 Å². The summed E-state index contributed by atoms with van der Waals surface area (Å²) in [7, 11) is 0. The van der Waals surface area contributed by atoms with Gasteiger partial charge in [-0.3, -0.25) is 9.80 Å². The zero-order valence-corrected chi connectivity index (χ0v) is 23.1. The number of thioether (sulfide) groups is 2. The Labute approximate surface area is 224 Å². The zero-order chi connectivity index (χ0) is 24.5. The Bertz CT molecular complexity index is 1020. The summed E-state index contributed by atoms with van der Waals surface area (Å²) in [6, 6.07) is 4.60. The Balaban J connectivity index is 1.49. The van der Waals surface area contributed by atoms with Gasteiger partial charge in [0.05, 0.1) is 0 Å². The molecule has 2 aromatic rings. The Kier molecular flexibility index (Phi) is 7.76. The molecule has 2 aliphatic carbocycles. The maximum Gasteiger partial charge on any atom is 0.128 e. The summed E-state index contributed by atoms with van der Waals surface area (Å²) in [6.07, 6.45) is 8.93. The fourth-order valence-electron chi connectivity index (χ4n) is 6.69. The van der Waals surface area contributed by atoms with E-state index in [-0.39, 0.29) is 0 Å². The third-order valence-electron chi connectivity index (χ3n) is 8.65. The van der Waals surface area contributed by atoms with Gasteiger partial charge in [-0.2, -0.15) is 23.5 Å². The first-order chi connectivity index (χ1) is 17.7. The molecule has 2 aromatic carbocycles. The van der Waals surface area contributed by atoms with E-state index in [9.17, 15) is 10.2 Å². The van der Waals surface area contributed by atoms with Gasteiger partial charge in [-0.25, -0.2) is 0 Å². The topological polar surface area (TPSA) is 46.9 Å². The van der Waals surface area contributed by atoms with Crippen LogP contribution in [-0.4, -0.2) is 69.2 Å². The maximum atomic E-state index is 11.9. The zero-order valence-electron chi connectivity index (χ0n) is 21.5. The highest BCUT2D eigenvalue weighted by atomic mass is 32.2. The van der Waals surface area contributed by atoms with Crippen molar-refractivity contribution < 1.29 is 10.2 Å². The molecule has 4 aliphatic rings. The van der Waals surface area contributed by atoms with Crippen LogP contribution in [0, 0.1) is 0 Å². The molecule has 4 nitrogen and oxygen atoms in total. The molecule has 2 N–H and O–H groups in total. The third-order valence-corrected chi connectivity index (χ3v) is 10.5. The number of benzene rings is 2. The number of phenols is 2. The average Bonchev–Trinajstić information content (AvgIpc) is 2.92. The molecule has 0 unspecified atom stereocenters. The molecule has 0 aromatic heterocycles. The van der Waals surface area contributed by atoms with Crippen molar-refractivity contribution in [3.05, 3.63) is 45.5 Å². The number of hydrogen-bond acceptors (Lipinski definition) is 6. The normalized spacial score (nSPS) is 21.2. The standard InChI is InChI=1S/C30H40N2O2S2/c33-29-23(19-31-9-13-35-14-10-31)17-21-5-1-3-7-25(21)27(29)28-26-8-4-2-6-22(26)18-24(30(28)34)20-32-11-15-36-16-12-32/h17-18,33-34H,1-16,19-20H2.